The van der Waals surface area contributed by atoms with Gasteiger partial charge in [-0.05, 0) is 37.1 Å². The van der Waals surface area contributed by atoms with Crippen molar-refractivity contribution in [2.75, 3.05) is 19.6 Å². The molecule has 2 nitrogen and oxygen atoms in total. The van der Waals surface area contributed by atoms with Gasteiger partial charge in [0.2, 0.25) is 0 Å². The molecule has 0 heterocycles. The minimum Gasteiger partial charge on any atom is -0.387 e. The zero-order valence-electron chi connectivity index (χ0n) is 12.0. The van der Waals surface area contributed by atoms with Crippen LogP contribution < -0.4 is 0 Å². The number of aliphatic hydroxyl groups excluding tert-OH is 1. The van der Waals surface area contributed by atoms with Crippen LogP contribution in [0.3, 0.4) is 0 Å². The minimum atomic E-state index is -0.368. The summed E-state index contributed by atoms with van der Waals surface area (Å²) < 4.78 is 0. The maximum absolute atomic E-state index is 10.2. The Balaban J connectivity index is 2.57. The van der Waals surface area contributed by atoms with Crippen LogP contribution in [0.4, 0.5) is 0 Å². The number of nitrogens with zero attached hydrogens (tertiary/aromatic N) is 1. The zero-order chi connectivity index (χ0) is 13.4. The molecule has 0 aromatic heterocycles. The zero-order valence-corrected chi connectivity index (χ0v) is 12.0. The molecule has 0 spiro atoms. The van der Waals surface area contributed by atoms with Crippen molar-refractivity contribution in [1.29, 1.82) is 0 Å². The van der Waals surface area contributed by atoms with E-state index in [0.29, 0.717) is 0 Å². The van der Waals surface area contributed by atoms with E-state index >= 15 is 0 Å². The van der Waals surface area contributed by atoms with Crippen LogP contribution in [-0.4, -0.2) is 29.6 Å². The Bertz CT molecular complexity index is 320. The number of rotatable bonds is 8. The highest BCUT2D eigenvalue weighted by atomic mass is 16.3. The second-order valence-corrected chi connectivity index (χ2v) is 4.90. The van der Waals surface area contributed by atoms with Gasteiger partial charge in [0, 0.05) is 6.54 Å². The largest absolute Gasteiger partial charge is 0.387 e. The Hall–Kier alpha value is -0.860. The first-order valence-corrected chi connectivity index (χ1v) is 7.20. The molecule has 0 amide bonds. The van der Waals surface area contributed by atoms with Crippen LogP contribution in [0.5, 0.6) is 0 Å². The molecule has 1 unspecified atom stereocenters. The maximum atomic E-state index is 10.2. The lowest BCUT2D eigenvalue weighted by Crippen LogP contribution is -2.29. The number of aliphatic hydroxyl groups is 1. The van der Waals surface area contributed by atoms with Gasteiger partial charge in [-0.2, -0.15) is 0 Å². The van der Waals surface area contributed by atoms with E-state index in [9.17, 15) is 5.11 Å². The summed E-state index contributed by atoms with van der Waals surface area (Å²) in [5, 5.41) is 10.2. The van der Waals surface area contributed by atoms with Crippen LogP contribution >= 0.6 is 0 Å². The molecular weight excluding hydrogens is 222 g/mol. The molecule has 0 saturated heterocycles. The summed E-state index contributed by atoms with van der Waals surface area (Å²) in [7, 11) is 0. The fourth-order valence-corrected chi connectivity index (χ4v) is 2.24. The first-order chi connectivity index (χ1) is 8.71. The molecule has 1 atom stereocenters. The van der Waals surface area contributed by atoms with Gasteiger partial charge in [-0.1, -0.05) is 51.5 Å². The highest BCUT2D eigenvalue weighted by molar-refractivity contribution is 5.24. The molecule has 1 aromatic carbocycles. The first kappa shape index (κ1) is 15.2. The molecule has 18 heavy (non-hydrogen) atoms. The molecule has 0 radical (unpaired) electrons. The van der Waals surface area contributed by atoms with Crippen molar-refractivity contribution in [3.05, 3.63) is 35.4 Å². The normalized spacial score (nSPS) is 12.9. The van der Waals surface area contributed by atoms with Gasteiger partial charge in [-0.3, -0.25) is 0 Å². The quantitative estimate of drug-likeness (QED) is 0.763. The van der Waals surface area contributed by atoms with E-state index in [1.165, 1.54) is 12.0 Å². The Morgan fingerprint density at radius 2 is 1.72 bits per heavy atom. The third-order valence-corrected chi connectivity index (χ3v) is 3.32. The summed E-state index contributed by atoms with van der Waals surface area (Å²) in [5.74, 6) is 0. The van der Waals surface area contributed by atoms with Gasteiger partial charge >= 0.3 is 0 Å². The highest BCUT2D eigenvalue weighted by Gasteiger charge is 2.11. The molecule has 0 aliphatic heterocycles. The van der Waals surface area contributed by atoms with Gasteiger partial charge < -0.3 is 10.0 Å². The second kappa shape index (κ2) is 8.28. The van der Waals surface area contributed by atoms with Crippen LogP contribution in [0.25, 0.3) is 0 Å². The SMILES string of the molecule is CCCc1ccc(C(O)CN(CC)CCC)cc1. The van der Waals surface area contributed by atoms with Crippen LogP contribution in [0.1, 0.15) is 50.8 Å². The van der Waals surface area contributed by atoms with Gasteiger partial charge in [-0.15, -0.1) is 0 Å². The van der Waals surface area contributed by atoms with Crippen LogP contribution in [0.2, 0.25) is 0 Å². The van der Waals surface area contributed by atoms with E-state index in [4.69, 9.17) is 0 Å². The summed E-state index contributed by atoms with van der Waals surface area (Å²) in [6.07, 6.45) is 3.05. The predicted octanol–water partition coefficient (Wildman–Crippen LogP) is 3.40. The fourth-order valence-electron chi connectivity index (χ4n) is 2.24. The number of hydrogen-bond acceptors (Lipinski definition) is 2. The Morgan fingerprint density at radius 1 is 1.06 bits per heavy atom. The fraction of sp³-hybridized carbons (Fsp3) is 0.625. The standard InChI is InChI=1S/C16H27NO/c1-4-7-14-8-10-15(11-9-14)16(18)13-17(6-3)12-5-2/h8-11,16,18H,4-7,12-13H2,1-3H3. The lowest BCUT2D eigenvalue weighted by Gasteiger charge is -2.23. The smallest absolute Gasteiger partial charge is 0.0916 e. The molecule has 0 aliphatic rings. The maximum Gasteiger partial charge on any atom is 0.0916 e. The van der Waals surface area contributed by atoms with Gasteiger partial charge in [0.25, 0.3) is 0 Å². The summed E-state index contributed by atoms with van der Waals surface area (Å²) in [6, 6.07) is 8.40. The first-order valence-electron chi connectivity index (χ1n) is 7.20. The monoisotopic (exact) mass is 249 g/mol. The Kier molecular flexibility index (Phi) is 6.99. The molecule has 2 heteroatoms. The molecule has 0 aliphatic carbocycles. The lowest BCUT2D eigenvalue weighted by atomic mass is 10.0. The second-order valence-electron chi connectivity index (χ2n) is 4.90. The molecule has 102 valence electrons. The van der Waals surface area contributed by atoms with Crippen molar-refractivity contribution in [2.24, 2.45) is 0 Å². The van der Waals surface area contributed by atoms with E-state index in [1.807, 2.05) is 0 Å². The van der Waals surface area contributed by atoms with Crippen molar-refractivity contribution in [3.8, 4) is 0 Å². The summed E-state index contributed by atoms with van der Waals surface area (Å²) in [5.41, 5.74) is 2.39. The van der Waals surface area contributed by atoms with Crippen LogP contribution in [0.15, 0.2) is 24.3 Å². The Labute approximate surface area is 112 Å². The van der Waals surface area contributed by atoms with Crippen molar-refractivity contribution in [2.45, 2.75) is 46.1 Å². The van der Waals surface area contributed by atoms with Crippen LogP contribution in [-0.2, 0) is 6.42 Å². The number of benzene rings is 1. The van der Waals surface area contributed by atoms with Crippen molar-refractivity contribution in [3.63, 3.8) is 0 Å². The topological polar surface area (TPSA) is 23.5 Å². The van der Waals surface area contributed by atoms with Crippen LogP contribution in [0, 0.1) is 0 Å². The third kappa shape index (κ3) is 4.79. The van der Waals surface area contributed by atoms with E-state index in [0.717, 1.165) is 38.0 Å². The summed E-state index contributed by atoms with van der Waals surface area (Å²) in [6.45, 7) is 9.30. The van der Waals surface area contributed by atoms with Crippen molar-refractivity contribution < 1.29 is 5.11 Å². The molecule has 0 fully saturated rings. The average molecular weight is 249 g/mol. The molecule has 1 N–H and O–H groups in total. The predicted molar refractivity (Wildman–Crippen MR) is 77.8 cm³/mol. The van der Waals surface area contributed by atoms with Crippen molar-refractivity contribution in [1.82, 2.24) is 4.90 Å². The third-order valence-electron chi connectivity index (χ3n) is 3.32. The molecule has 0 saturated carbocycles. The van der Waals surface area contributed by atoms with Gasteiger partial charge in [0.15, 0.2) is 0 Å². The highest BCUT2D eigenvalue weighted by Crippen LogP contribution is 2.16. The molecular formula is C16H27NO. The number of hydrogen-bond donors (Lipinski definition) is 1. The molecule has 1 rings (SSSR count). The van der Waals surface area contributed by atoms with Crippen molar-refractivity contribution >= 4 is 0 Å². The van der Waals surface area contributed by atoms with Gasteiger partial charge in [0.05, 0.1) is 6.10 Å². The number of aryl methyl sites for hydroxylation is 1. The molecule has 1 aromatic rings. The summed E-state index contributed by atoms with van der Waals surface area (Å²) in [4.78, 5) is 2.30. The van der Waals surface area contributed by atoms with E-state index in [1.54, 1.807) is 0 Å². The van der Waals surface area contributed by atoms with E-state index in [2.05, 4.69) is 49.9 Å². The minimum absolute atomic E-state index is 0.368. The van der Waals surface area contributed by atoms with E-state index < -0.39 is 0 Å². The van der Waals surface area contributed by atoms with Gasteiger partial charge in [-0.25, -0.2) is 0 Å². The summed E-state index contributed by atoms with van der Waals surface area (Å²) >= 11 is 0. The molecule has 0 bridgehead atoms. The lowest BCUT2D eigenvalue weighted by molar-refractivity contribution is 0.116. The number of likely N-dealkylation sites (N-methyl/N-ethyl adjacent to an activating group) is 1. The van der Waals surface area contributed by atoms with Gasteiger partial charge in [0.1, 0.15) is 0 Å². The average Bonchev–Trinajstić information content (AvgIpc) is 2.39. The Morgan fingerprint density at radius 3 is 2.22 bits per heavy atom. The van der Waals surface area contributed by atoms with E-state index in [-0.39, 0.29) is 6.10 Å².